The molecule has 2 aromatic rings. The number of ether oxygens (including phenoxy) is 1. The van der Waals surface area contributed by atoms with Crippen LogP contribution in [-0.2, 0) is 10.0 Å². The molecule has 1 amide bonds. The summed E-state index contributed by atoms with van der Waals surface area (Å²) >= 11 is 12.2. The molecule has 0 bridgehead atoms. The Kier molecular flexibility index (Phi) is 7.05. The van der Waals surface area contributed by atoms with Gasteiger partial charge in [0.1, 0.15) is 17.3 Å². The van der Waals surface area contributed by atoms with Crippen molar-refractivity contribution in [3.05, 3.63) is 57.6 Å². The van der Waals surface area contributed by atoms with Crippen LogP contribution in [0.1, 0.15) is 28.8 Å². The summed E-state index contributed by atoms with van der Waals surface area (Å²) in [5, 5.41) is 3.43. The van der Waals surface area contributed by atoms with Gasteiger partial charge in [0.05, 0.1) is 11.6 Å². The summed E-state index contributed by atoms with van der Waals surface area (Å²) in [6, 6.07) is 9.63. The van der Waals surface area contributed by atoms with Crippen molar-refractivity contribution in [2.45, 2.75) is 24.7 Å². The predicted octanol–water partition coefficient (Wildman–Crippen LogP) is 3.90. The quantitative estimate of drug-likeness (QED) is 0.640. The molecule has 0 atom stereocenters. The molecule has 6 nitrogen and oxygen atoms in total. The molecule has 156 valence electrons. The fourth-order valence-electron chi connectivity index (χ4n) is 3.01. The largest absolute Gasteiger partial charge is 0.492 e. The molecular weight excluding hydrogens is 435 g/mol. The number of nitrogens with zero attached hydrogens (tertiary/aromatic N) is 1. The van der Waals surface area contributed by atoms with Gasteiger partial charge < -0.3 is 10.1 Å². The van der Waals surface area contributed by atoms with Gasteiger partial charge in [0.25, 0.3) is 5.91 Å². The van der Waals surface area contributed by atoms with Crippen LogP contribution in [0.2, 0.25) is 10.0 Å². The van der Waals surface area contributed by atoms with E-state index in [0.717, 1.165) is 18.4 Å². The van der Waals surface area contributed by atoms with Crippen LogP contribution in [0.5, 0.6) is 5.75 Å². The molecule has 1 heterocycles. The fourth-order valence-corrected chi connectivity index (χ4v) is 5.20. The third-order valence-corrected chi connectivity index (χ3v) is 7.46. The molecule has 1 fully saturated rings. The van der Waals surface area contributed by atoms with E-state index in [4.69, 9.17) is 27.9 Å². The van der Waals surface area contributed by atoms with Crippen molar-refractivity contribution in [2.24, 2.45) is 0 Å². The Labute approximate surface area is 180 Å². The highest BCUT2D eigenvalue weighted by Crippen LogP contribution is 2.28. The number of benzene rings is 2. The molecule has 9 heteroatoms. The first-order valence-corrected chi connectivity index (χ1v) is 11.5. The number of rotatable bonds is 7. The highest BCUT2D eigenvalue weighted by atomic mass is 35.5. The van der Waals surface area contributed by atoms with Crippen LogP contribution in [0.25, 0.3) is 0 Å². The first-order valence-electron chi connectivity index (χ1n) is 9.26. The van der Waals surface area contributed by atoms with Gasteiger partial charge in [0.2, 0.25) is 10.0 Å². The van der Waals surface area contributed by atoms with E-state index in [1.54, 1.807) is 12.1 Å². The molecule has 0 unspecified atom stereocenters. The Morgan fingerprint density at radius 2 is 1.83 bits per heavy atom. The summed E-state index contributed by atoms with van der Waals surface area (Å²) in [5.74, 6) is 0.213. The second kappa shape index (κ2) is 9.34. The van der Waals surface area contributed by atoms with Crippen LogP contribution in [0.4, 0.5) is 0 Å². The fraction of sp³-hybridized carbons (Fsp3) is 0.350. The normalized spacial score (nSPS) is 14.7. The number of aryl methyl sites for hydroxylation is 1. The van der Waals surface area contributed by atoms with Crippen molar-refractivity contribution in [2.75, 3.05) is 26.2 Å². The summed E-state index contributed by atoms with van der Waals surface area (Å²) < 4.78 is 32.5. The minimum absolute atomic E-state index is 0.0423. The van der Waals surface area contributed by atoms with Gasteiger partial charge in [0, 0.05) is 23.7 Å². The van der Waals surface area contributed by atoms with Crippen LogP contribution in [-0.4, -0.2) is 44.9 Å². The van der Waals surface area contributed by atoms with E-state index < -0.39 is 15.9 Å². The van der Waals surface area contributed by atoms with E-state index in [1.165, 1.54) is 22.5 Å². The van der Waals surface area contributed by atoms with E-state index in [0.29, 0.717) is 23.9 Å². The maximum Gasteiger partial charge on any atom is 0.251 e. The maximum atomic E-state index is 12.8. The van der Waals surface area contributed by atoms with Gasteiger partial charge in [-0.3, -0.25) is 4.79 Å². The zero-order chi connectivity index (χ0) is 21.0. The smallest absolute Gasteiger partial charge is 0.251 e. The Balaban J connectivity index is 1.61. The number of nitrogens with one attached hydrogen (secondary N) is 1. The van der Waals surface area contributed by atoms with Gasteiger partial charge in [-0.05, 0) is 55.7 Å². The molecule has 1 N–H and O–H groups in total. The third kappa shape index (κ3) is 5.22. The van der Waals surface area contributed by atoms with Crippen molar-refractivity contribution in [3.8, 4) is 5.75 Å². The van der Waals surface area contributed by atoms with E-state index in [1.807, 2.05) is 13.0 Å². The molecule has 3 rings (SSSR count). The van der Waals surface area contributed by atoms with Gasteiger partial charge in [-0.1, -0.05) is 29.3 Å². The van der Waals surface area contributed by atoms with E-state index in [-0.39, 0.29) is 28.6 Å². The molecular formula is C20H22Cl2N2O4S. The lowest BCUT2D eigenvalue weighted by molar-refractivity contribution is 0.0947. The Bertz CT molecular complexity index is 1010. The number of sulfonamides is 1. The van der Waals surface area contributed by atoms with Gasteiger partial charge >= 0.3 is 0 Å². The Morgan fingerprint density at radius 3 is 2.52 bits per heavy atom. The summed E-state index contributed by atoms with van der Waals surface area (Å²) in [7, 11) is -3.71. The summed E-state index contributed by atoms with van der Waals surface area (Å²) in [6.07, 6.45) is 1.65. The lowest BCUT2D eigenvalue weighted by Crippen LogP contribution is -2.30. The number of carbonyl (C=O) groups is 1. The first kappa shape index (κ1) is 21.9. The van der Waals surface area contributed by atoms with Crippen LogP contribution in [0.3, 0.4) is 0 Å². The SMILES string of the molecule is Cc1ccc(OCCNC(=O)c2ccc(Cl)c(S(=O)(=O)N3CCCC3)c2)cc1Cl. The number of amides is 1. The van der Waals surface area contributed by atoms with Gasteiger partial charge in [-0.2, -0.15) is 4.31 Å². The third-order valence-electron chi connectivity index (χ3n) is 4.68. The molecule has 0 saturated carbocycles. The number of halogens is 2. The van der Waals surface area contributed by atoms with Crippen LogP contribution < -0.4 is 10.1 Å². The first-order chi connectivity index (χ1) is 13.8. The number of carbonyl (C=O) groups excluding carboxylic acids is 1. The van der Waals surface area contributed by atoms with Crippen LogP contribution in [0.15, 0.2) is 41.3 Å². The topological polar surface area (TPSA) is 75.7 Å². The second-order valence-electron chi connectivity index (χ2n) is 6.77. The summed E-state index contributed by atoms with van der Waals surface area (Å²) in [4.78, 5) is 12.4. The average molecular weight is 457 g/mol. The van der Waals surface area contributed by atoms with Crippen molar-refractivity contribution in [1.29, 1.82) is 0 Å². The van der Waals surface area contributed by atoms with E-state index >= 15 is 0 Å². The van der Waals surface area contributed by atoms with E-state index in [2.05, 4.69) is 5.32 Å². The zero-order valence-corrected chi connectivity index (χ0v) is 18.3. The molecule has 0 aliphatic carbocycles. The van der Waals surface area contributed by atoms with Crippen molar-refractivity contribution < 1.29 is 17.9 Å². The van der Waals surface area contributed by atoms with E-state index in [9.17, 15) is 13.2 Å². The lowest BCUT2D eigenvalue weighted by atomic mass is 10.2. The van der Waals surface area contributed by atoms with Crippen molar-refractivity contribution in [1.82, 2.24) is 9.62 Å². The molecule has 2 aromatic carbocycles. The highest BCUT2D eigenvalue weighted by Gasteiger charge is 2.29. The zero-order valence-electron chi connectivity index (χ0n) is 16.0. The molecule has 29 heavy (non-hydrogen) atoms. The Hall–Kier alpha value is -1.80. The number of hydrogen-bond acceptors (Lipinski definition) is 4. The molecule has 1 saturated heterocycles. The molecule has 0 aromatic heterocycles. The molecule has 1 aliphatic rings. The highest BCUT2D eigenvalue weighted by molar-refractivity contribution is 7.89. The molecule has 1 aliphatic heterocycles. The minimum Gasteiger partial charge on any atom is -0.492 e. The lowest BCUT2D eigenvalue weighted by Gasteiger charge is -2.17. The maximum absolute atomic E-state index is 12.8. The predicted molar refractivity (Wildman–Crippen MR) is 113 cm³/mol. The van der Waals surface area contributed by atoms with Gasteiger partial charge in [0.15, 0.2) is 0 Å². The van der Waals surface area contributed by atoms with Crippen molar-refractivity contribution >= 4 is 39.1 Å². The summed E-state index contributed by atoms with van der Waals surface area (Å²) in [6.45, 7) is 3.33. The molecule has 0 spiro atoms. The van der Waals surface area contributed by atoms with Crippen LogP contribution in [0, 0.1) is 6.92 Å². The molecule has 0 radical (unpaired) electrons. The second-order valence-corrected chi connectivity index (χ2v) is 9.49. The standard InChI is InChI=1S/C20H22Cl2N2O4S/c1-14-4-6-16(13-18(14)22)28-11-8-23-20(25)15-5-7-17(21)19(12-15)29(26,27)24-9-2-3-10-24/h4-7,12-13H,2-3,8-11H2,1H3,(H,23,25). The Morgan fingerprint density at radius 1 is 1.10 bits per heavy atom. The number of hydrogen-bond donors (Lipinski definition) is 1. The average Bonchev–Trinajstić information content (AvgIpc) is 3.23. The summed E-state index contributed by atoms with van der Waals surface area (Å²) in [5.41, 5.74) is 1.18. The van der Waals surface area contributed by atoms with Gasteiger partial charge in [-0.15, -0.1) is 0 Å². The van der Waals surface area contributed by atoms with Gasteiger partial charge in [-0.25, -0.2) is 8.42 Å². The van der Waals surface area contributed by atoms with Crippen LogP contribution >= 0.6 is 23.2 Å². The monoisotopic (exact) mass is 456 g/mol. The van der Waals surface area contributed by atoms with Crippen molar-refractivity contribution in [3.63, 3.8) is 0 Å². The minimum atomic E-state index is -3.71.